The second-order valence-corrected chi connectivity index (χ2v) is 7.42. The minimum atomic E-state index is -4.01. The Morgan fingerprint density at radius 2 is 1.81 bits per heavy atom. The zero-order valence-electron chi connectivity index (χ0n) is 14.8. The first-order valence-electron chi connectivity index (χ1n) is 8.12. The van der Waals surface area contributed by atoms with E-state index in [4.69, 9.17) is 0 Å². The second-order valence-electron chi connectivity index (χ2n) is 5.68. The van der Waals surface area contributed by atoms with Gasteiger partial charge in [0, 0.05) is 39.3 Å². The fraction of sp³-hybridized carbons (Fsp3) is 0.500. The summed E-state index contributed by atoms with van der Waals surface area (Å²) in [6.45, 7) is 4.14. The molecule has 26 heavy (non-hydrogen) atoms. The molecule has 1 heterocycles. The Labute approximate surface area is 152 Å². The van der Waals surface area contributed by atoms with Crippen molar-refractivity contribution in [3.05, 3.63) is 29.3 Å². The minimum Gasteiger partial charge on any atom is -0.465 e. The van der Waals surface area contributed by atoms with Crippen LogP contribution in [0.25, 0.3) is 0 Å². The van der Waals surface area contributed by atoms with Gasteiger partial charge >= 0.3 is 11.9 Å². The van der Waals surface area contributed by atoms with Crippen LogP contribution < -0.4 is 10.0 Å². The number of hydrogen-bond acceptors (Lipinski definition) is 8. The van der Waals surface area contributed by atoms with Crippen LogP contribution in [0.1, 0.15) is 20.7 Å². The SMILES string of the molecule is COC(=O)c1ccc(C(=O)OC)c(S(=O)(=O)NCCN2CCNCC2)c1. The summed E-state index contributed by atoms with van der Waals surface area (Å²) >= 11 is 0. The first kappa shape index (κ1) is 20.3. The molecular weight excluding hydrogens is 362 g/mol. The van der Waals surface area contributed by atoms with Crippen molar-refractivity contribution in [2.75, 3.05) is 53.5 Å². The molecule has 1 aromatic carbocycles. The van der Waals surface area contributed by atoms with Gasteiger partial charge in [0.1, 0.15) is 0 Å². The predicted molar refractivity (Wildman–Crippen MR) is 93.6 cm³/mol. The molecule has 144 valence electrons. The molecule has 0 radical (unpaired) electrons. The Bertz CT molecular complexity index is 759. The highest BCUT2D eigenvalue weighted by Gasteiger charge is 2.25. The Morgan fingerprint density at radius 3 is 2.42 bits per heavy atom. The van der Waals surface area contributed by atoms with Crippen LogP contribution in [0.5, 0.6) is 0 Å². The molecule has 10 heteroatoms. The number of hydrogen-bond donors (Lipinski definition) is 2. The van der Waals surface area contributed by atoms with E-state index in [0.717, 1.165) is 39.4 Å². The molecule has 1 aliphatic heterocycles. The Morgan fingerprint density at radius 1 is 1.15 bits per heavy atom. The number of carbonyl (C=O) groups excluding carboxylic acids is 2. The number of sulfonamides is 1. The summed E-state index contributed by atoms with van der Waals surface area (Å²) in [5.41, 5.74) is -0.113. The third-order valence-corrected chi connectivity index (χ3v) is 5.53. The number of carbonyl (C=O) groups is 2. The van der Waals surface area contributed by atoms with E-state index in [1.165, 1.54) is 19.2 Å². The van der Waals surface area contributed by atoms with Gasteiger partial charge in [-0.15, -0.1) is 0 Å². The molecule has 2 rings (SSSR count). The summed E-state index contributed by atoms with van der Waals surface area (Å²) < 4.78 is 37.1. The first-order valence-corrected chi connectivity index (χ1v) is 9.61. The predicted octanol–water partition coefficient (Wildman–Crippen LogP) is -0.557. The van der Waals surface area contributed by atoms with Gasteiger partial charge in [-0.3, -0.25) is 4.90 Å². The number of rotatable bonds is 7. The molecule has 0 atom stereocenters. The van der Waals surface area contributed by atoms with Crippen molar-refractivity contribution in [2.45, 2.75) is 4.90 Å². The lowest BCUT2D eigenvalue weighted by atomic mass is 10.1. The third kappa shape index (κ3) is 5.01. The van der Waals surface area contributed by atoms with Gasteiger partial charge in [0.25, 0.3) is 0 Å². The fourth-order valence-electron chi connectivity index (χ4n) is 2.62. The molecule has 0 amide bonds. The van der Waals surface area contributed by atoms with Crippen molar-refractivity contribution in [1.29, 1.82) is 0 Å². The van der Waals surface area contributed by atoms with Gasteiger partial charge in [-0.2, -0.15) is 0 Å². The molecule has 1 aliphatic rings. The number of methoxy groups -OCH3 is 2. The number of ether oxygens (including phenoxy) is 2. The molecule has 1 fully saturated rings. The fourth-order valence-corrected chi connectivity index (χ4v) is 3.86. The maximum Gasteiger partial charge on any atom is 0.339 e. The zero-order chi connectivity index (χ0) is 19.2. The quantitative estimate of drug-likeness (QED) is 0.601. The average Bonchev–Trinajstić information content (AvgIpc) is 2.67. The van der Waals surface area contributed by atoms with Crippen LogP contribution in [0.4, 0.5) is 0 Å². The molecule has 0 saturated carbocycles. The van der Waals surface area contributed by atoms with Crippen LogP contribution in [0.2, 0.25) is 0 Å². The van der Waals surface area contributed by atoms with Crippen LogP contribution in [0.3, 0.4) is 0 Å². The Kier molecular flexibility index (Phi) is 7.09. The summed E-state index contributed by atoms with van der Waals surface area (Å²) in [5.74, 6) is -1.50. The number of benzene rings is 1. The molecular formula is C16H23N3O6S. The van der Waals surface area contributed by atoms with Gasteiger partial charge < -0.3 is 14.8 Å². The highest BCUT2D eigenvalue weighted by atomic mass is 32.2. The summed E-state index contributed by atoms with van der Waals surface area (Å²) in [6, 6.07) is 3.67. The summed E-state index contributed by atoms with van der Waals surface area (Å²) in [5, 5.41) is 3.22. The van der Waals surface area contributed by atoms with Gasteiger partial charge in [0.15, 0.2) is 0 Å². The number of piperazine rings is 1. The maximum atomic E-state index is 12.7. The summed E-state index contributed by atoms with van der Waals surface area (Å²) in [6.07, 6.45) is 0. The van der Waals surface area contributed by atoms with Gasteiger partial charge in [-0.25, -0.2) is 22.7 Å². The monoisotopic (exact) mass is 385 g/mol. The zero-order valence-corrected chi connectivity index (χ0v) is 15.6. The van der Waals surface area contributed by atoms with E-state index in [1.54, 1.807) is 0 Å². The Hall–Kier alpha value is -2.01. The van der Waals surface area contributed by atoms with Crippen molar-refractivity contribution in [3.63, 3.8) is 0 Å². The van der Waals surface area contributed by atoms with E-state index in [0.29, 0.717) is 6.54 Å². The van der Waals surface area contributed by atoms with Gasteiger partial charge in [-0.05, 0) is 18.2 Å². The van der Waals surface area contributed by atoms with Gasteiger partial charge in [0.2, 0.25) is 10.0 Å². The molecule has 9 nitrogen and oxygen atoms in total. The van der Waals surface area contributed by atoms with E-state index < -0.39 is 22.0 Å². The summed E-state index contributed by atoms with van der Waals surface area (Å²) in [7, 11) is -1.66. The molecule has 1 aromatic rings. The number of nitrogens with zero attached hydrogens (tertiary/aromatic N) is 1. The Balaban J connectivity index is 2.21. The third-order valence-electron chi connectivity index (χ3n) is 4.03. The lowest BCUT2D eigenvalue weighted by Crippen LogP contribution is -2.46. The highest BCUT2D eigenvalue weighted by Crippen LogP contribution is 2.19. The van der Waals surface area contributed by atoms with Gasteiger partial charge in [0.05, 0.1) is 30.2 Å². The van der Waals surface area contributed by atoms with Crippen molar-refractivity contribution in [3.8, 4) is 0 Å². The second kappa shape index (κ2) is 9.08. The molecule has 0 bridgehead atoms. The van der Waals surface area contributed by atoms with Crippen LogP contribution >= 0.6 is 0 Å². The first-order chi connectivity index (χ1) is 12.4. The van der Waals surface area contributed by atoms with E-state index in [2.05, 4.69) is 24.4 Å². The maximum absolute atomic E-state index is 12.7. The molecule has 0 unspecified atom stereocenters. The lowest BCUT2D eigenvalue weighted by Gasteiger charge is -2.27. The van der Waals surface area contributed by atoms with Gasteiger partial charge in [-0.1, -0.05) is 0 Å². The van der Waals surface area contributed by atoms with Crippen LogP contribution in [0, 0.1) is 0 Å². The lowest BCUT2D eigenvalue weighted by molar-refractivity contribution is 0.0583. The number of nitrogens with one attached hydrogen (secondary N) is 2. The average molecular weight is 385 g/mol. The van der Waals surface area contributed by atoms with Crippen molar-refractivity contribution >= 4 is 22.0 Å². The summed E-state index contributed by atoms with van der Waals surface area (Å²) in [4.78, 5) is 25.4. The molecule has 0 spiro atoms. The standard InChI is InChI=1S/C16H23N3O6S/c1-24-15(20)12-3-4-13(16(21)25-2)14(11-12)26(22,23)18-7-10-19-8-5-17-6-9-19/h3-4,11,17-18H,5-10H2,1-2H3. The van der Waals surface area contributed by atoms with E-state index in [-0.39, 0.29) is 22.6 Å². The topological polar surface area (TPSA) is 114 Å². The largest absolute Gasteiger partial charge is 0.465 e. The van der Waals surface area contributed by atoms with Crippen LogP contribution in [0.15, 0.2) is 23.1 Å². The van der Waals surface area contributed by atoms with Crippen molar-refractivity contribution in [1.82, 2.24) is 14.9 Å². The molecule has 1 saturated heterocycles. The highest BCUT2D eigenvalue weighted by molar-refractivity contribution is 7.89. The van der Waals surface area contributed by atoms with Crippen molar-refractivity contribution < 1.29 is 27.5 Å². The molecule has 2 N–H and O–H groups in total. The molecule has 0 aliphatic carbocycles. The minimum absolute atomic E-state index is 0.0302. The van der Waals surface area contributed by atoms with E-state index in [9.17, 15) is 18.0 Å². The van der Waals surface area contributed by atoms with Crippen LogP contribution in [-0.4, -0.2) is 78.7 Å². The van der Waals surface area contributed by atoms with E-state index in [1.807, 2.05) is 0 Å². The van der Waals surface area contributed by atoms with Crippen LogP contribution in [-0.2, 0) is 19.5 Å². The van der Waals surface area contributed by atoms with E-state index >= 15 is 0 Å². The number of esters is 2. The smallest absolute Gasteiger partial charge is 0.339 e. The molecule has 0 aromatic heterocycles. The van der Waals surface area contributed by atoms with Crippen molar-refractivity contribution in [2.24, 2.45) is 0 Å². The normalized spacial score (nSPS) is 15.5.